The normalized spacial score (nSPS) is 14.3. The van der Waals surface area contributed by atoms with E-state index in [2.05, 4.69) is 5.32 Å². The van der Waals surface area contributed by atoms with Crippen LogP contribution in [0.5, 0.6) is 5.75 Å². The van der Waals surface area contributed by atoms with Crippen molar-refractivity contribution >= 4 is 23.2 Å². The average molecular weight is 392 g/mol. The summed E-state index contributed by atoms with van der Waals surface area (Å²) < 4.78 is 43.3. The first kappa shape index (κ1) is 19.7. The van der Waals surface area contributed by atoms with E-state index in [0.717, 1.165) is 29.8 Å². The molecular weight excluding hydrogens is 373 g/mol. The number of carbonyl (C=O) groups excluding carboxylic acids is 2. The van der Waals surface area contributed by atoms with Gasteiger partial charge in [0.15, 0.2) is 6.61 Å². The molecule has 0 bridgehead atoms. The monoisotopic (exact) mass is 392 g/mol. The predicted molar refractivity (Wildman–Crippen MR) is 98.3 cm³/mol. The predicted octanol–water partition coefficient (Wildman–Crippen LogP) is 4.16. The summed E-state index contributed by atoms with van der Waals surface area (Å²) in [6.45, 7) is 2.08. The van der Waals surface area contributed by atoms with Crippen molar-refractivity contribution < 1.29 is 27.5 Å². The molecule has 1 fully saturated rings. The molecule has 0 atom stereocenters. The lowest BCUT2D eigenvalue weighted by Crippen LogP contribution is -2.25. The minimum absolute atomic E-state index is 0.0412. The highest BCUT2D eigenvalue weighted by Gasteiger charge is 2.30. The van der Waals surface area contributed by atoms with Crippen LogP contribution in [0.4, 0.5) is 24.5 Å². The van der Waals surface area contributed by atoms with Gasteiger partial charge < -0.3 is 15.0 Å². The number of benzene rings is 2. The number of rotatable bonds is 5. The first-order chi connectivity index (χ1) is 13.2. The first-order valence-corrected chi connectivity index (χ1v) is 8.75. The summed E-state index contributed by atoms with van der Waals surface area (Å²) in [5, 5.41) is 2.64. The quantitative estimate of drug-likeness (QED) is 0.831. The molecule has 8 heteroatoms. The molecule has 1 aliphatic heterocycles. The minimum Gasteiger partial charge on any atom is -0.484 e. The molecule has 2 amide bonds. The van der Waals surface area contributed by atoms with E-state index in [-0.39, 0.29) is 11.7 Å². The second-order valence-corrected chi connectivity index (χ2v) is 6.51. The zero-order valence-corrected chi connectivity index (χ0v) is 15.2. The standard InChI is InChI=1S/C20H19F3N2O3/c1-13-7-8-15(11-17(13)25-9-3-6-19(25)27)24-18(26)12-28-16-5-2-4-14(10-16)20(21,22)23/h2,4-5,7-8,10-11H,3,6,9,12H2,1H3,(H,24,26). The van der Waals surface area contributed by atoms with Crippen LogP contribution >= 0.6 is 0 Å². The summed E-state index contributed by atoms with van der Waals surface area (Å²) in [5.74, 6) is -0.517. The Bertz CT molecular complexity index is 897. The summed E-state index contributed by atoms with van der Waals surface area (Å²) in [4.78, 5) is 25.8. The molecule has 0 unspecified atom stereocenters. The third kappa shape index (κ3) is 4.62. The molecule has 2 aromatic carbocycles. The summed E-state index contributed by atoms with van der Waals surface area (Å²) in [6, 6.07) is 9.55. The number of nitrogens with zero attached hydrogens (tertiary/aromatic N) is 1. The number of hydrogen-bond donors (Lipinski definition) is 1. The van der Waals surface area contributed by atoms with Gasteiger partial charge in [-0.1, -0.05) is 12.1 Å². The molecule has 0 radical (unpaired) electrons. The van der Waals surface area contributed by atoms with Crippen LogP contribution in [-0.2, 0) is 15.8 Å². The number of halogens is 3. The Morgan fingerprint density at radius 2 is 2.00 bits per heavy atom. The maximum Gasteiger partial charge on any atom is 0.416 e. The Hall–Kier alpha value is -3.03. The summed E-state index contributed by atoms with van der Waals surface area (Å²) in [6.07, 6.45) is -3.19. The lowest BCUT2D eigenvalue weighted by molar-refractivity contribution is -0.137. The van der Waals surface area contributed by atoms with E-state index in [4.69, 9.17) is 4.74 Å². The lowest BCUT2D eigenvalue weighted by Gasteiger charge is -2.19. The molecule has 1 heterocycles. The fourth-order valence-corrected chi connectivity index (χ4v) is 2.99. The Labute approximate surface area is 160 Å². The summed E-state index contributed by atoms with van der Waals surface area (Å²) in [5.41, 5.74) is 1.29. The Balaban J connectivity index is 1.63. The number of anilines is 2. The van der Waals surface area contributed by atoms with Gasteiger partial charge in [0.1, 0.15) is 5.75 Å². The van der Waals surface area contributed by atoms with E-state index in [1.807, 2.05) is 6.92 Å². The Morgan fingerprint density at radius 3 is 2.68 bits per heavy atom. The molecule has 0 saturated carbocycles. The SMILES string of the molecule is Cc1ccc(NC(=O)COc2cccc(C(F)(F)F)c2)cc1N1CCCC1=O. The summed E-state index contributed by atoms with van der Waals surface area (Å²) >= 11 is 0. The Morgan fingerprint density at radius 1 is 1.21 bits per heavy atom. The van der Waals surface area contributed by atoms with Gasteiger partial charge in [0.2, 0.25) is 5.91 Å². The molecule has 5 nitrogen and oxygen atoms in total. The van der Waals surface area contributed by atoms with Gasteiger partial charge in [0.05, 0.1) is 5.56 Å². The van der Waals surface area contributed by atoms with Crippen molar-refractivity contribution in [1.82, 2.24) is 0 Å². The van der Waals surface area contributed by atoms with Crippen molar-refractivity contribution in [2.45, 2.75) is 25.9 Å². The molecular formula is C20H19F3N2O3. The molecule has 1 N–H and O–H groups in total. The van der Waals surface area contributed by atoms with E-state index in [9.17, 15) is 22.8 Å². The van der Waals surface area contributed by atoms with Crippen LogP contribution in [0.2, 0.25) is 0 Å². The van der Waals surface area contributed by atoms with Gasteiger partial charge in [-0.15, -0.1) is 0 Å². The number of hydrogen-bond acceptors (Lipinski definition) is 3. The molecule has 148 valence electrons. The zero-order chi connectivity index (χ0) is 20.3. The maximum atomic E-state index is 12.7. The number of carbonyl (C=O) groups is 2. The first-order valence-electron chi connectivity index (χ1n) is 8.75. The van der Waals surface area contributed by atoms with Crippen molar-refractivity contribution in [3.8, 4) is 5.75 Å². The van der Waals surface area contributed by atoms with Crippen LogP contribution in [0.25, 0.3) is 0 Å². The van der Waals surface area contributed by atoms with Crippen LogP contribution < -0.4 is 15.0 Å². The highest BCUT2D eigenvalue weighted by molar-refractivity contribution is 5.98. The van der Waals surface area contributed by atoms with Crippen LogP contribution in [-0.4, -0.2) is 25.0 Å². The molecule has 3 rings (SSSR count). The third-order valence-corrected chi connectivity index (χ3v) is 4.39. The maximum absolute atomic E-state index is 12.7. The topological polar surface area (TPSA) is 58.6 Å². The van der Waals surface area contributed by atoms with Gasteiger partial charge in [-0.25, -0.2) is 0 Å². The molecule has 0 aliphatic carbocycles. The fourth-order valence-electron chi connectivity index (χ4n) is 2.99. The third-order valence-electron chi connectivity index (χ3n) is 4.39. The van der Waals surface area contributed by atoms with E-state index in [1.54, 1.807) is 23.1 Å². The zero-order valence-electron chi connectivity index (χ0n) is 15.2. The van der Waals surface area contributed by atoms with E-state index in [1.165, 1.54) is 12.1 Å². The van der Waals surface area contributed by atoms with Crippen molar-refractivity contribution in [3.63, 3.8) is 0 Å². The second-order valence-electron chi connectivity index (χ2n) is 6.51. The van der Waals surface area contributed by atoms with Gasteiger partial charge in [-0.3, -0.25) is 9.59 Å². The van der Waals surface area contributed by atoms with E-state index in [0.29, 0.717) is 18.7 Å². The van der Waals surface area contributed by atoms with Crippen molar-refractivity contribution in [2.24, 2.45) is 0 Å². The van der Waals surface area contributed by atoms with Gasteiger partial charge in [-0.2, -0.15) is 13.2 Å². The van der Waals surface area contributed by atoms with Crippen LogP contribution in [0.1, 0.15) is 24.0 Å². The average Bonchev–Trinajstić information content (AvgIpc) is 3.07. The molecule has 1 saturated heterocycles. The van der Waals surface area contributed by atoms with Crippen molar-refractivity contribution in [1.29, 1.82) is 0 Å². The minimum atomic E-state index is -4.48. The number of amides is 2. The van der Waals surface area contributed by atoms with E-state index < -0.39 is 24.3 Å². The highest BCUT2D eigenvalue weighted by Crippen LogP contribution is 2.31. The molecule has 0 aromatic heterocycles. The largest absolute Gasteiger partial charge is 0.484 e. The smallest absolute Gasteiger partial charge is 0.416 e. The van der Waals surface area contributed by atoms with Crippen LogP contribution in [0.3, 0.4) is 0 Å². The van der Waals surface area contributed by atoms with Crippen LogP contribution in [0.15, 0.2) is 42.5 Å². The Kier molecular flexibility index (Phi) is 5.58. The molecule has 2 aromatic rings. The van der Waals surface area contributed by atoms with E-state index >= 15 is 0 Å². The van der Waals surface area contributed by atoms with Crippen molar-refractivity contribution in [3.05, 3.63) is 53.6 Å². The number of ether oxygens (including phenoxy) is 1. The number of alkyl halides is 3. The second kappa shape index (κ2) is 7.92. The number of nitrogens with one attached hydrogen (secondary N) is 1. The summed E-state index contributed by atoms with van der Waals surface area (Å²) in [7, 11) is 0. The fraction of sp³-hybridized carbons (Fsp3) is 0.300. The highest BCUT2D eigenvalue weighted by atomic mass is 19.4. The van der Waals surface area contributed by atoms with Gasteiger partial charge in [-0.05, 0) is 49.2 Å². The van der Waals surface area contributed by atoms with Gasteiger partial charge in [0.25, 0.3) is 5.91 Å². The molecule has 28 heavy (non-hydrogen) atoms. The van der Waals surface area contributed by atoms with Crippen LogP contribution in [0, 0.1) is 6.92 Å². The molecule has 1 aliphatic rings. The van der Waals surface area contributed by atoms with Crippen molar-refractivity contribution in [2.75, 3.05) is 23.4 Å². The lowest BCUT2D eigenvalue weighted by atomic mass is 10.1. The number of aryl methyl sites for hydroxylation is 1. The van der Waals surface area contributed by atoms with Gasteiger partial charge >= 0.3 is 6.18 Å². The molecule has 0 spiro atoms. The van der Waals surface area contributed by atoms with Gasteiger partial charge in [0, 0.05) is 24.3 Å².